The lowest BCUT2D eigenvalue weighted by Gasteiger charge is -1.97. The first-order valence-corrected chi connectivity index (χ1v) is 6.55. The highest BCUT2D eigenvalue weighted by atomic mass is 16.3. The Morgan fingerprint density at radius 2 is 1.86 bits per heavy atom. The molecule has 0 aliphatic carbocycles. The molecule has 0 amide bonds. The normalized spacial score (nSPS) is 11.0. The van der Waals surface area contributed by atoms with Crippen LogP contribution in [-0.2, 0) is 0 Å². The zero-order chi connectivity index (χ0) is 14.2. The first kappa shape index (κ1) is 11.8. The molecule has 3 heterocycles. The third kappa shape index (κ3) is 1.89. The van der Waals surface area contributed by atoms with Crippen LogP contribution in [0.3, 0.4) is 0 Å². The number of aromatic nitrogens is 2. The summed E-state index contributed by atoms with van der Waals surface area (Å²) < 4.78 is 5.79. The van der Waals surface area contributed by atoms with Gasteiger partial charge in [-0.2, -0.15) is 0 Å². The highest BCUT2D eigenvalue weighted by molar-refractivity contribution is 6.11. The third-order valence-corrected chi connectivity index (χ3v) is 3.42. The summed E-state index contributed by atoms with van der Waals surface area (Å²) in [5.41, 5.74) is 2.10. The van der Waals surface area contributed by atoms with E-state index in [1.165, 1.54) is 0 Å². The van der Waals surface area contributed by atoms with Gasteiger partial charge in [-0.15, -0.1) is 0 Å². The van der Waals surface area contributed by atoms with E-state index in [4.69, 9.17) is 4.42 Å². The van der Waals surface area contributed by atoms with E-state index in [0.29, 0.717) is 16.9 Å². The second-order valence-electron chi connectivity index (χ2n) is 4.74. The lowest BCUT2D eigenvalue weighted by Crippen LogP contribution is -1.98. The van der Waals surface area contributed by atoms with Gasteiger partial charge in [0.1, 0.15) is 5.58 Å². The van der Waals surface area contributed by atoms with Crippen LogP contribution in [0.4, 0.5) is 0 Å². The number of hydrogen-bond donors (Lipinski definition) is 0. The van der Waals surface area contributed by atoms with Gasteiger partial charge in [0.15, 0.2) is 5.76 Å². The average molecular weight is 274 g/mol. The molecule has 4 nitrogen and oxygen atoms in total. The number of carbonyl (C=O) groups is 1. The molecule has 4 aromatic rings. The van der Waals surface area contributed by atoms with Crippen LogP contribution >= 0.6 is 0 Å². The number of para-hydroxylation sites is 1. The van der Waals surface area contributed by atoms with Gasteiger partial charge in [-0.05, 0) is 30.3 Å². The summed E-state index contributed by atoms with van der Waals surface area (Å²) in [5, 5.41) is 1.73. The van der Waals surface area contributed by atoms with E-state index in [1.807, 2.05) is 24.3 Å². The molecule has 1 aromatic carbocycles. The number of pyridine rings is 2. The standard InChI is InChI=1S/C17H10N2O2/c20-16(11-5-7-18-8-6-11)15-9-12-10-19-14-4-2-1-3-13(14)17(12)21-15/h1-10H. The molecule has 4 heteroatoms. The van der Waals surface area contributed by atoms with Crippen LogP contribution in [0, 0.1) is 0 Å². The van der Waals surface area contributed by atoms with Gasteiger partial charge >= 0.3 is 0 Å². The van der Waals surface area contributed by atoms with Crippen molar-refractivity contribution in [1.29, 1.82) is 0 Å². The second-order valence-corrected chi connectivity index (χ2v) is 4.74. The van der Waals surface area contributed by atoms with Crippen molar-refractivity contribution in [2.24, 2.45) is 0 Å². The Labute approximate surface area is 120 Å². The number of nitrogens with zero attached hydrogens (tertiary/aromatic N) is 2. The SMILES string of the molecule is O=C(c1ccncc1)c1cc2cnc3ccccc3c2o1. The van der Waals surface area contributed by atoms with Crippen molar-refractivity contribution in [3.05, 3.63) is 72.4 Å². The summed E-state index contributed by atoms with van der Waals surface area (Å²) in [6.07, 6.45) is 4.91. The molecule has 0 N–H and O–H groups in total. The summed E-state index contributed by atoms with van der Waals surface area (Å²) in [7, 11) is 0. The van der Waals surface area contributed by atoms with Gasteiger partial charge in [-0.1, -0.05) is 12.1 Å². The summed E-state index contributed by atoms with van der Waals surface area (Å²) in [6.45, 7) is 0. The topological polar surface area (TPSA) is 56.0 Å². The zero-order valence-electron chi connectivity index (χ0n) is 11.0. The molecule has 0 saturated heterocycles. The molecule has 0 unspecified atom stereocenters. The van der Waals surface area contributed by atoms with Gasteiger partial charge in [0.05, 0.1) is 5.52 Å². The second kappa shape index (κ2) is 4.52. The largest absolute Gasteiger partial charge is 0.452 e. The monoisotopic (exact) mass is 274 g/mol. The molecule has 21 heavy (non-hydrogen) atoms. The minimum atomic E-state index is -0.155. The fraction of sp³-hybridized carbons (Fsp3) is 0. The summed E-state index contributed by atoms with van der Waals surface area (Å²) in [4.78, 5) is 20.7. The molecule has 0 atom stereocenters. The fourth-order valence-electron chi connectivity index (χ4n) is 2.39. The Balaban J connectivity index is 1.91. The predicted molar refractivity (Wildman–Crippen MR) is 79.2 cm³/mol. The molecular formula is C17H10N2O2. The number of rotatable bonds is 2. The van der Waals surface area contributed by atoms with Crippen molar-refractivity contribution >= 4 is 27.7 Å². The quantitative estimate of drug-likeness (QED) is 0.524. The molecule has 0 aliphatic rings. The van der Waals surface area contributed by atoms with Crippen LogP contribution < -0.4 is 0 Å². The highest BCUT2D eigenvalue weighted by Gasteiger charge is 2.16. The van der Waals surface area contributed by atoms with Gasteiger partial charge < -0.3 is 4.42 Å². The van der Waals surface area contributed by atoms with Crippen molar-refractivity contribution in [3.8, 4) is 0 Å². The van der Waals surface area contributed by atoms with Crippen molar-refractivity contribution in [2.75, 3.05) is 0 Å². The van der Waals surface area contributed by atoms with Gasteiger partial charge in [-0.3, -0.25) is 14.8 Å². The summed E-state index contributed by atoms with van der Waals surface area (Å²) >= 11 is 0. The molecule has 0 fully saturated rings. The van der Waals surface area contributed by atoms with E-state index in [9.17, 15) is 4.79 Å². The van der Waals surface area contributed by atoms with E-state index in [0.717, 1.165) is 16.3 Å². The highest BCUT2D eigenvalue weighted by Crippen LogP contribution is 2.27. The number of fused-ring (bicyclic) bond motifs is 3. The van der Waals surface area contributed by atoms with Crippen molar-refractivity contribution in [3.63, 3.8) is 0 Å². The summed E-state index contributed by atoms with van der Waals surface area (Å²) in [6, 6.07) is 12.8. The van der Waals surface area contributed by atoms with E-state index in [-0.39, 0.29) is 5.78 Å². The van der Waals surface area contributed by atoms with Crippen molar-refractivity contribution in [1.82, 2.24) is 9.97 Å². The molecule has 0 aliphatic heterocycles. The Hall–Kier alpha value is -3.01. The van der Waals surface area contributed by atoms with E-state index in [1.54, 1.807) is 36.8 Å². The smallest absolute Gasteiger partial charge is 0.228 e. The first-order chi connectivity index (χ1) is 10.3. The Bertz CT molecular complexity index is 958. The number of carbonyl (C=O) groups excluding carboxylic acids is 1. The number of hydrogen-bond acceptors (Lipinski definition) is 4. The molecule has 100 valence electrons. The Morgan fingerprint density at radius 3 is 2.71 bits per heavy atom. The molecule has 0 spiro atoms. The Kier molecular flexibility index (Phi) is 2.54. The van der Waals surface area contributed by atoms with Gasteiger partial charge in [-0.25, -0.2) is 0 Å². The molecule has 0 bridgehead atoms. The molecule has 3 aromatic heterocycles. The maximum atomic E-state index is 12.4. The molecule has 0 radical (unpaired) electrons. The average Bonchev–Trinajstić information content (AvgIpc) is 2.99. The minimum Gasteiger partial charge on any atom is -0.452 e. The van der Waals surface area contributed by atoms with E-state index < -0.39 is 0 Å². The van der Waals surface area contributed by atoms with Crippen molar-refractivity contribution < 1.29 is 9.21 Å². The van der Waals surface area contributed by atoms with Crippen LogP contribution in [0.1, 0.15) is 16.1 Å². The van der Waals surface area contributed by atoms with E-state index in [2.05, 4.69) is 9.97 Å². The minimum absolute atomic E-state index is 0.155. The summed E-state index contributed by atoms with van der Waals surface area (Å²) in [5.74, 6) is 0.159. The molecule has 0 saturated carbocycles. The van der Waals surface area contributed by atoms with Crippen LogP contribution in [0.25, 0.3) is 21.9 Å². The van der Waals surface area contributed by atoms with Gasteiger partial charge in [0.2, 0.25) is 5.78 Å². The van der Waals surface area contributed by atoms with Crippen LogP contribution in [0.15, 0.2) is 65.5 Å². The number of ketones is 1. The maximum Gasteiger partial charge on any atom is 0.228 e. The third-order valence-electron chi connectivity index (χ3n) is 3.42. The van der Waals surface area contributed by atoms with E-state index >= 15 is 0 Å². The fourth-order valence-corrected chi connectivity index (χ4v) is 2.39. The lowest BCUT2D eigenvalue weighted by molar-refractivity contribution is 0.101. The van der Waals surface area contributed by atoms with Crippen LogP contribution in [-0.4, -0.2) is 15.8 Å². The van der Waals surface area contributed by atoms with Crippen molar-refractivity contribution in [2.45, 2.75) is 0 Å². The maximum absolute atomic E-state index is 12.4. The predicted octanol–water partition coefficient (Wildman–Crippen LogP) is 3.61. The number of benzene rings is 1. The molecular weight excluding hydrogens is 264 g/mol. The van der Waals surface area contributed by atoms with Crippen LogP contribution in [0.2, 0.25) is 0 Å². The lowest BCUT2D eigenvalue weighted by atomic mass is 10.1. The Morgan fingerprint density at radius 1 is 1.05 bits per heavy atom. The van der Waals surface area contributed by atoms with Gasteiger partial charge in [0.25, 0.3) is 0 Å². The van der Waals surface area contributed by atoms with Crippen LogP contribution in [0.5, 0.6) is 0 Å². The zero-order valence-corrected chi connectivity index (χ0v) is 11.0. The first-order valence-electron chi connectivity index (χ1n) is 6.55. The molecule has 4 rings (SSSR count). The number of furan rings is 1. The van der Waals surface area contributed by atoms with Gasteiger partial charge in [0, 0.05) is 34.9 Å².